The third-order valence-corrected chi connectivity index (χ3v) is 1.05. The number of aliphatic hydroxyl groups is 1. The molecular formula is C3H9IO5S. The van der Waals surface area contributed by atoms with Crippen LogP contribution in [0.1, 0.15) is 6.42 Å². The van der Waals surface area contributed by atoms with Crippen LogP contribution in [0, 0.1) is 0 Å². The quantitative estimate of drug-likeness (QED) is 0.381. The van der Waals surface area contributed by atoms with E-state index >= 15 is 0 Å². The topological polar surface area (TPSA) is 94.8 Å². The van der Waals surface area contributed by atoms with E-state index in [-0.39, 0.29) is 0 Å². The van der Waals surface area contributed by atoms with Crippen LogP contribution >= 0.6 is 22.6 Å². The molecule has 0 saturated carbocycles. The summed E-state index contributed by atoms with van der Waals surface area (Å²) in [6.45, 7) is 0.336. The number of aliphatic hydroxyl groups excluding tert-OH is 1. The minimum Gasteiger partial charge on any atom is -0.396 e. The molecule has 0 aromatic carbocycles. The van der Waals surface area contributed by atoms with Gasteiger partial charge in [-0.05, 0) is 6.42 Å². The van der Waals surface area contributed by atoms with Gasteiger partial charge in [0, 0.05) is 11.0 Å². The summed E-state index contributed by atoms with van der Waals surface area (Å²) in [6.07, 6.45) is 0.931. The highest BCUT2D eigenvalue weighted by Crippen LogP contribution is 1.83. The fourth-order valence-corrected chi connectivity index (χ4v) is 0.401. The van der Waals surface area contributed by atoms with Crippen molar-refractivity contribution in [3.63, 3.8) is 0 Å². The molecule has 3 N–H and O–H groups in total. The highest BCUT2D eigenvalue weighted by Gasteiger charge is 1.84. The third-order valence-electron chi connectivity index (χ3n) is 0.292. The van der Waals surface area contributed by atoms with E-state index in [2.05, 4.69) is 22.6 Å². The maximum absolute atomic E-state index is 8.74. The lowest BCUT2D eigenvalue weighted by Gasteiger charge is -1.78. The Kier molecular flexibility index (Phi) is 10.1. The summed E-state index contributed by atoms with van der Waals surface area (Å²) in [5.74, 6) is 0. The minimum atomic E-state index is -4.67. The van der Waals surface area contributed by atoms with E-state index in [1.165, 1.54) is 0 Å². The van der Waals surface area contributed by atoms with Crippen molar-refractivity contribution < 1.29 is 22.6 Å². The van der Waals surface area contributed by atoms with Crippen molar-refractivity contribution in [2.45, 2.75) is 6.42 Å². The lowest BCUT2D eigenvalue weighted by Crippen LogP contribution is -1.89. The second-order valence-electron chi connectivity index (χ2n) is 1.21. The van der Waals surface area contributed by atoms with Gasteiger partial charge in [0.25, 0.3) is 0 Å². The Labute approximate surface area is 73.2 Å². The molecule has 0 fully saturated rings. The van der Waals surface area contributed by atoms with Crippen LogP contribution in [-0.4, -0.2) is 33.7 Å². The first kappa shape index (κ1) is 13.2. The zero-order valence-electron chi connectivity index (χ0n) is 5.07. The number of rotatable bonds is 2. The first-order valence-corrected chi connectivity index (χ1v) is 5.20. The van der Waals surface area contributed by atoms with E-state index in [1.54, 1.807) is 0 Å². The van der Waals surface area contributed by atoms with E-state index in [9.17, 15) is 0 Å². The van der Waals surface area contributed by atoms with Crippen molar-refractivity contribution >= 4 is 33.0 Å². The largest absolute Gasteiger partial charge is 0.396 e. The SMILES string of the molecule is O=S(=O)(O)O.OCCCI. The summed E-state index contributed by atoms with van der Waals surface area (Å²) in [5.41, 5.74) is 0. The lowest BCUT2D eigenvalue weighted by molar-refractivity contribution is 0.297. The van der Waals surface area contributed by atoms with E-state index in [1.807, 2.05) is 0 Å². The Morgan fingerprint density at radius 3 is 1.60 bits per heavy atom. The molecule has 0 aliphatic rings. The first-order chi connectivity index (χ1) is 4.41. The van der Waals surface area contributed by atoms with Crippen molar-refractivity contribution in [1.82, 2.24) is 0 Å². The molecule has 0 radical (unpaired) electrons. The molecule has 0 aromatic heterocycles. The van der Waals surface area contributed by atoms with Gasteiger partial charge in [0.2, 0.25) is 0 Å². The van der Waals surface area contributed by atoms with Gasteiger partial charge in [-0.15, -0.1) is 0 Å². The lowest BCUT2D eigenvalue weighted by atomic mass is 10.5. The Morgan fingerprint density at radius 1 is 1.30 bits per heavy atom. The fourth-order valence-electron chi connectivity index (χ4n) is 0.0598. The Bertz CT molecular complexity index is 131. The highest BCUT2D eigenvalue weighted by molar-refractivity contribution is 14.1. The van der Waals surface area contributed by atoms with Crippen LogP contribution in [0.2, 0.25) is 0 Å². The molecule has 64 valence electrons. The van der Waals surface area contributed by atoms with E-state index in [0.717, 1.165) is 10.8 Å². The molecule has 0 aliphatic heterocycles. The molecule has 0 saturated heterocycles. The summed E-state index contributed by atoms with van der Waals surface area (Å²) >= 11 is 2.23. The summed E-state index contributed by atoms with van der Waals surface area (Å²) in [7, 11) is -4.67. The predicted molar refractivity (Wildman–Crippen MR) is 44.8 cm³/mol. The van der Waals surface area contributed by atoms with E-state index in [0.29, 0.717) is 6.61 Å². The molecule has 0 atom stereocenters. The Morgan fingerprint density at radius 2 is 1.60 bits per heavy atom. The molecule has 0 aliphatic carbocycles. The number of hydrogen-bond acceptors (Lipinski definition) is 3. The zero-order chi connectivity index (χ0) is 8.62. The molecule has 0 amide bonds. The Hall–Kier alpha value is 0.560. The molecular weight excluding hydrogens is 275 g/mol. The first-order valence-electron chi connectivity index (χ1n) is 2.28. The summed E-state index contributed by atoms with van der Waals surface area (Å²) in [6, 6.07) is 0. The average molecular weight is 284 g/mol. The minimum absolute atomic E-state index is 0.336. The molecule has 0 aromatic rings. The van der Waals surface area contributed by atoms with E-state index < -0.39 is 10.4 Å². The molecule has 7 heteroatoms. The van der Waals surface area contributed by atoms with Crippen molar-refractivity contribution in [2.24, 2.45) is 0 Å². The van der Waals surface area contributed by atoms with Gasteiger partial charge in [-0.3, -0.25) is 9.11 Å². The summed E-state index contributed by atoms with van der Waals surface area (Å²) < 4.78 is 32.6. The monoisotopic (exact) mass is 284 g/mol. The second-order valence-corrected chi connectivity index (χ2v) is 3.19. The van der Waals surface area contributed by atoms with Gasteiger partial charge in [-0.25, -0.2) is 0 Å². The third kappa shape index (κ3) is 74.7. The van der Waals surface area contributed by atoms with Gasteiger partial charge in [-0.1, -0.05) is 22.6 Å². The van der Waals surface area contributed by atoms with Crippen LogP contribution in [0.5, 0.6) is 0 Å². The normalized spacial score (nSPS) is 10.0. The smallest absolute Gasteiger partial charge is 0.394 e. The van der Waals surface area contributed by atoms with Crippen molar-refractivity contribution in [3.05, 3.63) is 0 Å². The van der Waals surface area contributed by atoms with Crippen LogP contribution < -0.4 is 0 Å². The van der Waals surface area contributed by atoms with Crippen molar-refractivity contribution in [1.29, 1.82) is 0 Å². The molecule has 0 unspecified atom stereocenters. The standard InChI is InChI=1S/C3H7IO.H2O4S/c4-2-1-3-5;1-5(2,3)4/h5H,1-3H2;(H2,1,2,3,4). The van der Waals surface area contributed by atoms with Gasteiger partial charge < -0.3 is 5.11 Å². The number of halogens is 1. The maximum atomic E-state index is 8.74. The van der Waals surface area contributed by atoms with E-state index in [4.69, 9.17) is 22.6 Å². The van der Waals surface area contributed by atoms with Crippen LogP contribution in [0.3, 0.4) is 0 Å². The van der Waals surface area contributed by atoms with Crippen LogP contribution in [0.4, 0.5) is 0 Å². The number of alkyl halides is 1. The van der Waals surface area contributed by atoms with Crippen LogP contribution in [0.15, 0.2) is 0 Å². The Balaban J connectivity index is 0. The van der Waals surface area contributed by atoms with Crippen LogP contribution in [0.25, 0.3) is 0 Å². The fraction of sp³-hybridized carbons (Fsp3) is 1.00. The maximum Gasteiger partial charge on any atom is 0.394 e. The van der Waals surface area contributed by atoms with Crippen LogP contribution in [-0.2, 0) is 10.4 Å². The second kappa shape index (κ2) is 7.66. The molecule has 0 bridgehead atoms. The van der Waals surface area contributed by atoms with Gasteiger partial charge in [0.05, 0.1) is 0 Å². The summed E-state index contributed by atoms with van der Waals surface area (Å²) in [5, 5.41) is 8.06. The predicted octanol–water partition coefficient (Wildman–Crippen LogP) is 0.151. The molecule has 10 heavy (non-hydrogen) atoms. The van der Waals surface area contributed by atoms with Crippen molar-refractivity contribution in [2.75, 3.05) is 11.0 Å². The molecule has 5 nitrogen and oxygen atoms in total. The summed E-state index contributed by atoms with van der Waals surface area (Å²) in [4.78, 5) is 0. The van der Waals surface area contributed by atoms with Crippen molar-refractivity contribution in [3.8, 4) is 0 Å². The molecule has 0 heterocycles. The highest BCUT2D eigenvalue weighted by atomic mass is 127. The molecule has 0 spiro atoms. The number of hydrogen-bond donors (Lipinski definition) is 3. The zero-order valence-corrected chi connectivity index (χ0v) is 8.04. The van der Waals surface area contributed by atoms with Gasteiger partial charge >= 0.3 is 10.4 Å². The van der Waals surface area contributed by atoms with Gasteiger partial charge in [-0.2, -0.15) is 8.42 Å². The molecule has 0 rings (SSSR count). The van der Waals surface area contributed by atoms with Gasteiger partial charge in [0.15, 0.2) is 0 Å². The average Bonchev–Trinajstić information content (AvgIpc) is 1.63. The van der Waals surface area contributed by atoms with Gasteiger partial charge in [0.1, 0.15) is 0 Å².